The third kappa shape index (κ3) is 3.25. The molecular weight excluding hydrogens is 300 g/mol. The van der Waals surface area contributed by atoms with Crippen LogP contribution in [0.5, 0.6) is 0 Å². The number of nitrogens with zero attached hydrogens (tertiary/aromatic N) is 2. The molecule has 0 aliphatic carbocycles. The van der Waals surface area contributed by atoms with Gasteiger partial charge in [0.2, 0.25) is 11.2 Å². The third-order valence-corrected chi connectivity index (χ3v) is 4.84. The molecule has 0 bridgehead atoms. The fourth-order valence-electron chi connectivity index (χ4n) is 2.72. The first-order valence-electron chi connectivity index (χ1n) is 7.62. The summed E-state index contributed by atoms with van der Waals surface area (Å²) in [5, 5.41) is 1.26. The lowest BCUT2D eigenvalue weighted by Crippen LogP contribution is -2.32. The zero-order chi connectivity index (χ0) is 16.2. The Bertz CT molecular complexity index is 855. The molecule has 3 rings (SSSR count). The van der Waals surface area contributed by atoms with E-state index >= 15 is 0 Å². The Kier molecular flexibility index (Phi) is 4.68. The molecule has 0 radical (unpaired) electrons. The van der Waals surface area contributed by atoms with Gasteiger partial charge in [-0.3, -0.25) is 0 Å². The first kappa shape index (κ1) is 15.6. The normalized spacial score (nSPS) is 11.3. The molecule has 0 spiro atoms. The van der Waals surface area contributed by atoms with Gasteiger partial charge >= 0.3 is 0 Å². The van der Waals surface area contributed by atoms with Gasteiger partial charge in [-0.05, 0) is 30.5 Å². The van der Waals surface area contributed by atoms with Crippen LogP contribution in [0.2, 0.25) is 0 Å². The van der Waals surface area contributed by atoms with Gasteiger partial charge in [0.15, 0.2) is 0 Å². The first-order valence-corrected chi connectivity index (χ1v) is 8.85. The van der Waals surface area contributed by atoms with Gasteiger partial charge in [0.25, 0.3) is 0 Å². The van der Waals surface area contributed by atoms with E-state index in [9.17, 15) is 0 Å². The summed E-state index contributed by atoms with van der Waals surface area (Å²) in [4.78, 5) is 3.45. The maximum absolute atomic E-state index is 2.22. The number of aryl methyl sites for hydroxylation is 1. The molecular formula is C20H21N2S+. The van der Waals surface area contributed by atoms with E-state index in [2.05, 4.69) is 103 Å². The van der Waals surface area contributed by atoms with Crippen LogP contribution in [0.25, 0.3) is 17.0 Å². The van der Waals surface area contributed by atoms with Crippen molar-refractivity contribution in [3.8, 4) is 0 Å². The minimum absolute atomic E-state index is 1.18. The molecule has 1 aromatic heterocycles. The molecule has 0 aliphatic rings. The number of para-hydroxylation sites is 2. The molecule has 0 saturated heterocycles. The number of fused-ring (bicyclic) bond motifs is 1. The highest BCUT2D eigenvalue weighted by Crippen LogP contribution is 2.27. The minimum Gasteiger partial charge on any atom is -0.350 e. The summed E-state index contributed by atoms with van der Waals surface area (Å²) in [7, 11) is 4.20. The molecule has 116 valence electrons. The van der Waals surface area contributed by atoms with Crippen molar-refractivity contribution in [3.05, 3.63) is 72.6 Å². The molecule has 2 aromatic carbocycles. The van der Waals surface area contributed by atoms with Crippen molar-refractivity contribution in [1.82, 2.24) is 0 Å². The second kappa shape index (κ2) is 6.88. The van der Waals surface area contributed by atoms with E-state index in [-0.39, 0.29) is 0 Å². The van der Waals surface area contributed by atoms with Crippen molar-refractivity contribution in [2.24, 2.45) is 7.05 Å². The molecule has 0 atom stereocenters. The average Bonchev–Trinajstić information content (AvgIpc) is 2.61. The predicted molar refractivity (Wildman–Crippen MR) is 101 cm³/mol. The summed E-state index contributed by atoms with van der Waals surface area (Å²) >= 11 is 1.77. The largest absolute Gasteiger partial charge is 0.350 e. The summed E-state index contributed by atoms with van der Waals surface area (Å²) in [5.41, 5.74) is 3.64. The third-order valence-electron chi connectivity index (χ3n) is 4.05. The quantitative estimate of drug-likeness (QED) is 0.516. The van der Waals surface area contributed by atoms with Gasteiger partial charge in [0, 0.05) is 41.7 Å². The molecule has 0 aliphatic heterocycles. The standard InChI is InChI=1S/C20H21N2S/c1-21(19-10-6-7-11-20(19)23-3)15-14-17-13-12-16-8-4-5-9-18(16)22(17)2/h4-15H,1-3H3/q+1. The smallest absolute Gasteiger partial charge is 0.212 e. The number of rotatable bonds is 4. The lowest BCUT2D eigenvalue weighted by Gasteiger charge is -2.17. The van der Waals surface area contributed by atoms with E-state index in [1.165, 1.54) is 27.2 Å². The van der Waals surface area contributed by atoms with Gasteiger partial charge in [0.05, 0.1) is 5.69 Å². The van der Waals surface area contributed by atoms with Crippen LogP contribution in [0.1, 0.15) is 5.69 Å². The second-order valence-electron chi connectivity index (χ2n) is 5.47. The molecule has 3 heteroatoms. The van der Waals surface area contributed by atoms with Crippen molar-refractivity contribution in [2.75, 3.05) is 18.2 Å². The highest BCUT2D eigenvalue weighted by atomic mass is 32.2. The summed E-state index contributed by atoms with van der Waals surface area (Å²) in [6, 6.07) is 21.2. The van der Waals surface area contributed by atoms with Crippen LogP contribution in [-0.2, 0) is 7.05 Å². The van der Waals surface area contributed by atoms with Crippen LogP contribution in [0.4, 0.5) is 5.69 Å². The lowest BCUT2D eigenvalue weighted by molar-refractivity contribution is -0.646. The van der Waals surface area contributed by atoms with E-state index < -0.39 is 0 Å². The molecule has 0 unspecified atom stereocenters. The molecule has 0 fully saturated rings. The molecule has 2 nitrogen and oxygen atoms in total. The van der Waals surface area contributed by atoms with Gasteiger partial charge in [-0.15, -0.1) is 11.8 Å². The first-order chi connectivity index (χ1) is 11.2. The van der Waals surface area contributed by atoms with Crippen molar-refractivity contribution < 1.29 is 4.57 Å². The predicted octanol–water partition coefficient (Wildman–Crippen LogP) is 4.49. The highest BCUT2D eigenvalue weighted by Gasteiger charge is 2.09. The van der Waals surface area contributed by atoms with Crippen LogP contribution in [0.3, 0.4) is 0 Å². The van der Waals surface area contributed by atoms with Crippen LogP contribution < -0.4 is 9.47 Å². The Morgan fingerprint density at radius 2 is 1.70 bits per heavy atom. The van der Waals surface area contributed by atoms with Crippen molar-refractivity contribution in [2.45, 2.75) is 4.90 Å². The number of anilines is 1. The zero-order valence-corrected chi connectivity index (χ0v) is 14.5. The zero-order valence-electron chi connectivity index (χ0n) is 13.7. The van der Waals surface area contributed by atoms with E-state index in [1.54, 1.807) is 11.8 Å². The van der Waals surface area contributed by atoms with E-state index in [0.29, 0.717) is 0 Å². The SMILES string of the molecule is CSc1ccccc1N(C)/C=C/c1ccc2ccccc2[n+]1C. The van der Waals surface area contributed by atoms with Gasteiger partial charge in [0.1, 0.15) is 7.05 Å². The highest BCUT2D eigenvalue weighted by molar-refractivity contribution is 7.98. The van der Waals surface area contributed by atoms with Crippen molar-refractivity contribution >= 4 is 34.4 Å². The Morgan fingerprint density at radius 3 is 2.52 bits per heavy atom. The van der Waals surface area contributed by atoms with Crippen molar-refractivity contribution in [3.63, 3.8) is 0 Å². The summed E-state index contributed by atoms with van der Waals surface area (Å²) in [6.45, 7) is 0. The van der Waals surface area contributed by atoms with Gasteiger partial charge in [-0.1, -0.05) is 24.3 Å². The molecule has 0 saturated carbocycles. The van der Waals surface area contributed by atoms with E-state index in [1.807, 2.05) is 0 Å². The van der Waals surface area contributed by atoms with E-state index in [4.69, 9.17) is 0 Å². The number of thioether (sulfide) groups is 1. The number of aromatic nitrogens is 1. The van der Waals surface area contributed by atoms with Crippen LogP contribution in [-0.4, -0.2) is 13.3 Å². The van der Waals surface area contributed by atoms with Crippen LogP contribution in [0.15, 0.2) is 71.8 Å². The van der Waals surface area contributed by atoms with Crippen LogP contribution in [0, 0.1) is 0 Å². The number of benzene rings is 2. The summed E-state index contributed by atoms with van der Waals surface area (Å²) in [5.74, 6) is 0. The minimum atomic E-state index is 1.18. The lowest BCUT2D eigenvalue weighted by atomic mass is 10.2. The fraction of sp³-hybridized carbons (Fsp3) is 0.150. The van der Waals surface area contributed by atoms with Crippen LogP contribution >= 0.6 is 11.8 Å². The Balaban J connectivity index is 1.92. The Hall–Kier alpha value is -2.26. The van der Waals surface area contributed by atoms with Crippen molar-refractivity contribution in [1.29, 1.82) is 0 Å². The molecule has 3 aromatic rings. The molecule has 1 heterocycles. The van der Waals surface area contributed by atoms with E-state index in [0.717, 1.165) is 0 Å². The monoisotopic (exact) mass is 321 g/mol. The maximum Gasteiger partial charge on any atom is 0.212 e. The summed E-state index contributed by atoms with van der Waals surface area (Å²) in [6.07, 6.45) is 6.39. The maximum atomic E-state index is 2.22. The Morgan fingerprint density at radius 1 is 0.957 bits per heavy atom. The second-order valence-corrected chi connectivity index (χ2v) is 6.32. The fourth-order valence-corrected chi connectivity index (χ4v) is 3.35. The van der Waals surface area contributed by atoms with Gasteiger partial charge in [-0.2, -0.15) is 4.57 Å². The number of hydrogen-bond donors (Lipinski definition) is 0. The molecule has 0 N–H and O–H groups in total. The average molecular weight is 321 g/mol. The summed E-state index contributed by atoms with van der Waals surface area (Å²) < 4.78 is 2.22. The Labute approximate surface area is 142 Å². The molecule has 23 heavy (non-hydrogen) atoms. The van der Waals surface area contributed by atoms with Gasteiger partial charge in [-0.25, -0.2) is 0 Å². The molecule has 0 amide bonds. The topological polar surface area (TPSA) is 7.12 Å². The number of hydrogen-bond acceptors (Lipinski definition) is 2. The number of pyridine rings is 1. The van der Waals surface area contributed by atoms with Gasteiger partial charge < -0.3 is 4.90 Å².